The Morgan fingerprint density at radius 2 is 1.28 bits per heavy atom. The second kappa shape index (κ2) is 12.1. The summed E-state index contributed by atoms with van der Waals surface area (Å²) < 4.78 is 20.9. The Kier molecular flexibility index (Phi) is 12.2. The Bertz CT molecular complexity index is 193. The SMILES string of the molecule is CCCCC[C@@H](O)O[PH](=O)O[C@H](O)CCCCC. The van der Waals surface area contributed by atoms with Gasteiger partial charge in [-0.05, 0) is 25.7 Å². The molecule has 18 heavy (non-hydrogen) atoms. The van der Waals surface area contributed by atoms with E-state index in [2.05, 4.69) is 13.8 Å². The Balaban J connectivity index is 3.61. The first kappa shape index (κ1) is 18.1. The third kappa shape index (κ3) is 11.2. The number of aliphatic hydroxyl groups is 2. The molecule has 0 aromatic carbocycles. The van der Waals surface area contributed by atoms with Crippen LogP contribution < -0.4 is 0 Å². The minimum Gasteiger partial charge on any atom is -0.368 e. The van der Waals surface area contributed by atoms with Crippen molar-refractivity contribution in [2.45, 2.75) is 77.8 Å². The summed E-state index contributed by atoms with van der Waals surface area (Å²) in [5.41, 5.74) is 0. The molecule has 6 heteroatoms. The summed E-state index contributed by atoms with van der Waals surface area (Å²) in [4.78, 5) is 0. The van der Waals surface area contributed by atoms with Gasteiger partial charge in [-0.1, -0.05) is 39.5 Å². The van der Waals surface area contributed by atoms with Crippen LogP contribution in [0, 0.1) is 0 Å². The number of hydrogen-bond acceptors (Lipinski definition) is 5. The third-order valence-electron chi connectivity index (χ3n) is 2.57. The van der Waals surface area contributed by atoms with E-state index in [9.17, 15) is 14.8 Å². The summed E-state index contributed by atoms with van der Waals surface area (Å²) in [6.07, 6.45) is 4.51. The molecule has 0 aliphatic carbocycles. The monoisotopic (exact) mass is 282 g/mol. The van der Waals surface area contributed by atoms with Gasteiger partial charge in [0.1, 0.15) is 0 Å². The Morgan fingerprint density at radius 3 is 1.61 bits per heavy atom. The van der Waals surface area contributed by atoms with E-state index in [1.54, 1.807) is 0 Å². The molecule has 0 bridgehead atoms. The van der Waals surface area contributed by atoms with Gasteiger partial charge >= 0.3 is 8.25 Å². The fourth-order valence-electron chi connectivity index (χ4n) is 1.51. The summed E-state index contributed by atoms with van der Waals surface area (Å²) in [5.74, 6) is 0. The average Bonchev–Trinajstić information content (AvgIpc) is 2.29. The van der Waals surface area contributed by atoms with Crippen LogP contribution in [0.1, 0.15) is 65.2 Å². The molecule has 0 aliphatic rings. The van der Waals surface area contributed by atoms with Gasteiger partial charge in [0.15, 0.2) is 12.6 Å². The van der Waals surface area contributed by atoms with E-state index in [4.69, 9.17) is 9.05 Å². The fraction of sp³-hybridized carbons (Fsp3) is 1.00. The molecule has 0 unspecified atom stereocenters. The summed E-state index contributed by atoms with van der Waals surface area (Å²) in [7, 11) is -2.81. The molecular formula is C12H27O5P. The highest BCUT2D eigenvalue weighted by atomic mass is 31.1. The maximum Gasteiger partial charge on any atom is 0.323 e. The van der Waals surface area contributed by atoms with Crippen molar-refractivity contribution in [3.63, 3.8) is 0 Å². The van der Waals surface area contributed by atoms with Crippen LogP contribution >= 0.6 is 8.25 Å². The Hall–Kier alpha value is 0.0700. The van der Waals surface area contributed by atoms with E-state index in [1.807, 2.05) is 0 Å². The van der Waals surface area contributed by atoms with Crippen LogP contribution in [0.3, 0.4) is 0 Å². The molecule has 0 spiro atoms. The first-order valence-electron chi connectivity index (χ1n) is 6.83. The molecular weight excluding hydrogens is 255 g/mol. The van der Waals surface area contributed by atoms with Gasteiger partial charge in [-0.2, -0.15) is 0 Å². The van der Waals surface area contributed by atoms with Crippen molar-refractivity contribution in [1.29, 1.82) is 0 Å². The molecule has 2 atom stereocenters. The molecule has 0 heterocycles. The first-order valence-corrected chi connectivity index (χ1v) is 8.06. The van der Waals surface area contributed by atoms with Gasteiger partial charge in [-0.15, -0.1) is 0 Å². The lowest BCUT2D eigenvalue weighted by Gasteiger charge is -2.14. The van der Waals surface area contributed by atoms with Crippen LogP contribution in [-0.2, 0) is 13.6 Å². The number of unbranched alkanes of at least 4 members (excludes halogenated alkanes) is 4. The van der Waals surface area contributed by atoms with Crippen LogP contribution in [0.5, 0.6) is 0 Å². The molecule has 0 aromatic heterocycles. The zero-order valence-electron chi connectivity index (χ0n) is 11.4. The molecule has 0 fully saturated rings. The van der Waals surface area contributed by atoms with Gasteiger partial charge in [0, 0.05) is 0 Å². The molecule has 0 saturated carbocycles. The van der Waals surface area contributed by atoms with E-state index < -0.39 is 20.8 Å². The van der Waals surface area contributed by atoms with Crippen molar-refractivity contribution in [2.75, 3.05) is 0 Å². The van der Waals surface area contributed by atoms with Gasteiger partial charge in [-0.25, -0.2) is 0 Å². The molecule has 0 aromatic rings. The molecule has 5 nitrogen and oxygen atoms in total. The van der Waals surface area contributed by atoms with Gasteiger partial charge in [0.05, 0.1) is 0 Å². The first-order chi connectivity index (χ1) is 8.60. The number of hydrogen-bond donors (Lipinski definition) is 2. The highest BCUT2D eigenvalue weighted by Crippen LogP contribution is 2.29. The van der Waals surface area contributed by atoms with Crippen LogP contribution in [0.4, 0.5) is 0 Å². The zero-order chi connectivity index (χ0) is 13.8. The minimum atomic E-state index is -2.81. The number of rotatable bonds is 12. The fourth-order valence-corrected chi connectivity index (χ4v) is 2.24. The van der Waals surface area contributed by atoms with Crippen molar-refractivity contribution in [3.8, 4) is 0 Å². The predicted molar refractivity (Wildman–Crippen MR) is 71.5 cm³/mol. The Labute approximate surface area is 110 Å². The molecule has 2 N–H and O–H groups in total. The summed E-state index contributed by atoms with van der Waals surface area (Å²) in [6, 6.07) is 0. The second-order valence-electron chi connectivity index (χ2n) is 4.39. The zero-order valence-corrected chi connectivity index (χ0v) is 12.4. The molecule has 0 radical (unpaired) electrons. The standard InChI is InChI=1S/C12H27O5P/c1-3-5-7-9-11(13)16-18(15)17-12(14)10-8-6-4-2/h11-14,18H,3-10H2,1-2H3/t11-,12-/m0/s1. The lowest BCUT2D eigenvalue weighted by Crippen LogP contribution is -2.11. The largest absolute Gasteiger partial charge is 0.368 e. The minimum absolute atomic E-state index is 0.444. The van der Waals surface area contributed by atoms with E-state index in [1.165, 1.54) is 0 Å². The normalized spacial score (nSPS) is 14.9. The maximum atomic E-state index is 11.4. The van der Waals surface area contributed by atoms with Gasteiger partial charge in [0.25, 0.3) is 0 Å². The van der Waals surface area contributed by atoms with E-state index in [0.717, 1.165) is 38.5 Å². The number of aliphatic hydroxyl groups excluding tert-OH is 2. The average molecular weight is 282 g/mol. The van der Waals surface area contributed by atoms with Crippen molar-refractivity contribution < 1.29 is 23.8 Å². The van der Waals surface area contributed by atoms with Gasteiger partial charge in [-0.3, -0.25) is 13.6 Å². The van der Waals surface area contributed by atoms with E-state index >= 15 is 0 Å². The molecule has 110 valence electrons. The maximum absolute atomic E-state index is 11.4. The molecule has 0 amide bonds. The quantitative estimate of drug-likeness (QED) is 0.326. The van der Waals surface area contributed by atoms with Crippen molar-refractivity contribution in [1.82, 2.24) is 0 Å². The van der Waals surface area contributed by atoms with Gasteiger partial charge in [0.2, 0.25) is 0 Å². The lowest BCUT2D eigenvalue weighted by atomic mass is 10.2. The van der Waals surface area contributed by atoms with Crippen LogP contribution in [0.25, 0.3) is 0 Å². The second-order valence-corrected chi connectivity index (χ2v) is 5.36. The van der Waals surface area contributed by atoms with E-state index in [0.29, 0.717) is 12.8 Å². The molecule has 0 saturated heterocycles. The van der Waals surface area contributed by atoms with Crippen molar-refractivity contribution >= 4 is 8.25 Å². The van der Waals surface area contributed by atoms with Crippen molar-refractivity contribution in [2.24, 2.45) is 0 Å². The molecule has 0 aliphatic heterocycles. The smallest absolute Gasteiger partial charge is 0.323 e. The highest BCUT2D eigenvalue weighted by Gasteiger charge is 2.13. The third-order valence-corrected chi connectivity index (χ3v) is 3.50. The van der Waals surface area contributed by atoms with Crippen molar-refractivity contribution in [3.05, 3.63) is 0 Å². The highest BCUT2D eigenvalue weighted by molar-refractivity contribution is 7.33. The van der Waals surface area contributed by atoms with Crippen LogP contribution in [-0.4, -0.2) is 22.8 Å². The Morgan fingerprint density at radius 1 is 0.889 bits per heavy atom. The summed E-state index contributed by atoms with van der Waals surface area (Å²) in [6.45, 7) is 4.12. The summed E-state index contributed by atoms with van der Waals surface area (Å²) in [5, 5.41) is 18.8. The predicted octanol–water partition coefficient (Wildman–Crippen LogP) is 3.21. The van der Waals surface area contributed by atoms with Gasteiger partial charge < -0.3 is 10.2 Å². The topological polar surface area (TPSA) is 76.0 Å². The lowest BCUT2D eigenvalue weighted by molar-refractivity contribution is -0.0648. The van der Waals surface area contributed by atoms with E-state index in [-0.39, 0.29) is 0 Å². The van der Waals surface area contributed by atoms with Crippen LogP contribution in [0.2, 0.25) is 0 Å². The summed E-state index contributed by atoms with van der Waals surface area (Å²) >= 11 is 0. The van der Waals surface area contributed by atoms with Crippen LogP contribution in [0.15, 0.2) is 0 Å². The molecule has 0 rings (SSSR count).